The molecule has 1 aromatic carbocycles. The van der Waals surface area contributed by atoms with Crippen molar-refractivity contribution in [2.45, 2.75) is 39.9 Å². The summed E-state index contributed by atoms with van der Waals surface area (Å²) in [7, 11) is 0. The molecule has 0 aliphatic rings. The van der Waals surface area contributed by atoms with Gasteiger partial charge in [-0.15, -0.1) is 5.92 Å². The van der Waals surface area contributed by atoms with Crippen molar-refractivity contribution in [1.82, 2.24) is 9.88 Å². The second-order valence-corrected chi connectivity index (χ2v) is 4.80. The Morgan fingerprint density at radius 3 is 2.83 bits per heavy atom. The first-order valence-corrected chi connectivity index (χ1v) is 6.41. The maximum Gasteiger partial charge on any atom is 0.0837 e. The summed E-state index contributed by atoms with van der Waals surface area (Å²) in [5, 5.41) is 4.72. The van der Waals surface area contributed by atoms with Crippen LogP contribution in [0.3, 0.4) is 0 Å². The summed E-state index contributed by atoms with van der Waals surface area (Å²) >= 11 is 0. The normalized spacial score (nSPS) is 10.7. The monoisotopic (exact) mass is 240 g/mol. The number of benzene rings is 1. The zero-order valence-electron chi connectivity index (χ0n) is 11.3. The molecule has 0 amide bonds. The highest BCUT2D eigenvalue weighted by Gasteiger charge is 2.02. The molecule has 1 heterocycles. The predicted octanol–water partition coefficient (Wildman–Crippen LogP) is 3.16. The van der Waals surface area contributed by atoms with Crippen LogP contribution in [0.15, 0.2) is 30.5 Å². The molecular formula is C16H20N2. The molecule has 1 N–H and O–H groups in total. The molecule has 0 fully saturated rings. The number of nitrogens with one attached hydrogen (secondary N) is 1. The minimum atomic E-state index is 0.512. The van der Waals surface area contributed by atoms with E-state index >= 15 is 0 Å². The molecule has 2 nitrogen and oxygen atoms in total. The quantitative estimate of drug-likeness (QED) is 0.812. The molecule has 0 radical (unpaired) electrons. The Morgan fingerprint density at radius 1 is 1.28 bits per heavy atom. The van der Waals surface area contributed by atoms with Crippen molar-refractivity contribution in [3.05, 3.63) is 36.0 Å². The zero-order chi connectivity index (χ0) is 13.0. The molecule has 0 spiro atoms. The molecule has 2 heteroatoms. The molecule has 0 aliphatic heterocycles. The number of nitrogens with zero attached hydrogens (tertiary/aromatic N) is 1. The maximum atomic E-state index is 3.44. The Bertz CT molecular complexity index is 582. The lowest BCUT2D eigenvalue weighted by molar-refractivity contribution is 0.589. The zero-order valence-corrected chi connectivity index (χ0v) is 11.3. The van der Waals surface area contributed by atoms with Crippen LogP contribution in [0.2, 0.25) is 0 Å². The summed E-state index contributed by atoms with van der Waals surface area (Å²) in [5.41, 5.74) is 2.58. The van der Waals surface area contributed by atoms with Crippen molar-refractivity contribution in [3.63, 3.8) is 0 Å². The molecule has 0 saturated carbocycles. The smallest absolute Gasteiger partial charge is 0.0837 e. The van der Waals surface area contributed by atoms with Crippen LogP contribution in [0.5, 0.6) is 0 Å². The van der Waals surface area contributed by atoms with Crippen LogP contribution in [0.25, 0.3) is 10.9 Å². The van der Waals surface area contributed by atoms with Crippen LogP contribution >= 0.6 is 0 Å². The fourth-order valence-electron chi connectivity index (χ4n) is 1.96. The largest absolute Gasteiger partial charge is 0.336 e. The standard InChI is InChI=1S/C16H20N2/c1-4-5-9-18-10-8-15-7-6-14(11-16(15)18)12-17-13(2)3/h6-8,10-11,13,17H,9,12H2,1-3H3. The molecule has 0 atom stereocenters. The lowest BCUT2D eigenvalue weighted by Crippen LogP contribution is -2.21. The highest BCUT2D eigenvalue weighted by Crippen LogP contribution is 2.17. The van der Waals surface area contributed by atoms with Crippen LogP contribution < -0.4 is 5.32 Å². The van der Waals surface area contributed by atoms with Crippen molar-refractivity contribution in [2.24, 2.45) is 0 Å². The van der Waals surface area contributed by atoms with E-state index < -0.39 is 0 Å². The van der Waals surface area contributed by atoms with Crippen molar-refractivity contribution in [2.75, 3.05) is 0 Å². The molecule has 0 saturated heterocycles. The van der Waals surface area contributed by atoms with Crippen molar-refractivity contribution < 1.29 is 0 Å². The van der Waals surface area contributed by atoms with Crippen molar-refractivity contribution >= 4 is 10.9 Å². The summed E-state index contributed by atoms with van der Waals surface area (Å²) in [6.07, 6.45) is 2.11. The fourth-order valence-corrected chi connectivity index (χ4v) is 1.96. The van der Waals surface area contributed by atoms with E-state index in [1.165, 1.54) is 16.5 Å². The van der Waals surface area contributed by atoms with Crippen LogP contribution in [0, 0.1) is 11.8 Å². The maximum absolute atomic E-state index is 3.44. The number of fused-ring (bicyclic) bond motifs is 1. The van der Waals surface area contributed by atoms with E-state index in [-0.39, 0.29) is 0 Å². The predicted molar refractivity (Wildman–Crippen MR) is 77.4 cm³/mol. The minimum absolute atomic E-state index is 0.512. The van der Waals surface area contributed by atoms with Crippen molar-refractivity contribution in [3.8, 4) is 11.8 Å². The van der Waals surface area contributed by atoms with Crippen LogP contribution in [-0.4, -0.2) is 10.6 Å². The molecule has 0 unspecified atom stereocenters. The van der Waals surface area contributed by atoms with Gasteiger partial charge in [-0.2, -0.15) is 0 Å². The summed E-state index contributed by atoms with van der Waals surface area (Å²) in [5.74, 6) is 6.05. The Labute approximate surface area is 109 Å². The Morgan fingerprint density at radius 2 is 2.11 bits per heavy atom. The summed E-state index contributed by atoms with van der Waals surface area (Å²) in [6.45, 7) is 7.89. The summed E-state index contributed by atoms with van der Waals surface area (Å²) < 4.78 is 2.20. The van der Waals surface area contributed by atoms with Gasteiger partial charge in [0.15, 0.2) is 0 Å². The van der Waals surface area contributed by atoms with Gasteiger partial charge in [0.25, 0.3) is 0 Å². The first kappa shape index (κ1) is 12.7. The Balaban J connectivity index is 2.26. The molecule has 0 aliphatic carbocycles. The van der Waals surface area contributed by atoms with E-state index in [9.17, 15) is 0 Å². The van der Waals surface area contributed by atoms with Crippen LogP contribution in [0.1, 0.15) is 26.3 Å². The third-order valence-corrected chi connectivity index (χ3v) is 2.98. The third kappa shape index (κ3) is 2.94. The van der Waals surface area contributed by atoms with E-state index in [2.05, 4.69) is 66.0 Å². The first-order valence-electron chi connectivity index (χ1n) is 6.41. The number of rotatable bonds is 4. The minimum Gasteiger partial charge on any atom is -0.336 e. The van der Waals surface area contributed by atoms with Gasteiger partial charge in [0, 0.05) is 24.3 Å². The van der Waals surface area contributed by atoms with Crippen LogP contribution in [0.4, 0.5) is 0 Å². The van der Waals surface area contributed by atoms with Gasteiger partial charge in [-0.05, 0) is 30.0 Å². The van der Waals surface area contributed by atoms with Crippen LogP contribution in [-0.2, 0) is 13.1 Å². The Kier molecular flexibility index (Phi) is 4.07. The second kappa shape index (κ2) is 5.75. The van der Waals surface area contributed by atoms with E-state index in [0.29, 0.717) is 6.04 Å². The third-order valence-electron chi connectivity index (χ3n) is 2.98. The SMILES string of the molecule is CC#CCn1ccc2ccc(CNC(C)C)cc21. The van der Waals surface area contributed by atoms with Gasteiger partial charge in [0.05, 0.1) is 6.54 Å². The lowest BCUT2D eigenvalue weighted by atomic mass is 10.1. The molecular weight excluding hydrogens is 220 g/mol. The molecule has 0 bridgehead atoms. The van der Waals surface area contributed by atoms with E-state index in [4.69, 9.17) is 0 Å². The summed E-state index contributed by atoms with van der Waals surface area (Å²) in [4.78, 5) is 0. The van der Waals surface area contributed by atoms with Gasteiger partial charge in [-0.3, -0.25) is 0 Å². The molecule has 2 aromatic rings. The van der Waals surface area contributed by atoms with Crippen molar-refractivity contribution in [1.29, 1.82) is 0 Å². The van der Waals surface area contributed by atoms with Gasteiger partial charge in [-0.1, -0.05) is 31.9 Å². The Hall–Kier alpha value is -1.72. The van der Waals surface area contributed by atoms with Gasteiger partial charge < -0.3 is 9.88 Å². The highest BCUT2D eigenvalue weighted by molar-refractivity contribution is 5.80. The molecule has 1 aromatic heterocycles. The second-order valence-electron chi connectivity index (χ2n) is 4.80. The first-order chi connectivity index (χ1) is 8.70. The fraction of sp³-hybridized carbons (Fsp3) is 0.375. The molecule has 18 heavy (non-hydrogen) atoms. The number of hydrogen-bond donors (Lipinski definition) is 1. The average Bonchev–Trinajstić information content (AvgIpc) is 2.76. The van der Waals surface area contributed by atoms with E-state index in [0.717, 1.165) is 13.1 Å². The number of aromatic nitrogens is 1. The average molecular weight is 240 g/mol. The topological polar surface area (TPSA) is 17.0 Å². The molecule has 2 rings (SSSR count). The van der Waals surface area contributed by atoms with Gasteiger partial charge >= 0.3 is 0 Å². The van der Waals surface area contributed by atoms with Gasteiger partial charge in [0.1, 0.15) is 0 Å². The van der Waals surface area contributed by atoms with Gasteiger partial charge in [-0.25, -0.2) is 0 Å². The summed E-state index contributed by atoms with van der Waals surface area (Å²) in [6, 6.07) is 9.28. The number of hydrogen-bond acceptors (Lipinski definition) is 1. The lowest BCUT2D eigenvalue weighted by Gasteiger charge is -2.09. The molecule has 94 valence electrons. The van der Waals surface area contributed by atoms with E-state index in [1.54, 1.807) is 0 Å². The van der Waals surface area contributed by atoms with Gasteiger partial charge in [0.2, 0.25) is 0 Å². The highest BCUT2D eigenvalue weighted by atomic mass is 14.9. The van der Waals surface area contributed by atoms with E-state index in [1.807, 2.05) is 6.92 Å².